The van der Waals surface area contributed by atoms with E-state index in [4.69, 9.17) is 0 Å². The molecule has 4 aromatic rings. The van der Waals surface area contributed by atoms with Crippen LogP contribution in [0.25, 0.3) is 22.6 Å². The number of benzene rings is 1. The molecule has 1 aliphatic rings. The number of nitrogens with zero attached hydrogens (tertiary/aromatic N) is 7. The number of fused-ring (bicyclic) bond motifs is 1. The molecule has 0 atom stereocenters. The number of amides is 2. The van der Waals surface area contributed by atoms with E-state index in [2.05, 4.69) is 57.6 Å². The number of nitrogens with one attached hydrogen (secondary N) is 1. The van der Waals surface area contributed by atoms with Crippen molar-refractivity contribution in [3.05, 3.63) is 66.2 Å². The zero-order chi connectivity index (χ0) is 22.9. The number of carbonyl (C=O) groups excluding carboxylic acids is 1. The van der Waals surface area contributed by atoms with Gasteiger partial charge in [-0.1, -0.05) is 18.2 Å². The number of pyridine rings is 1. The van der Waals surface area contributed by atoms with Crippen molar-refractivity contribution in [2.24, 2.45) is 7.05 Å². The minimum Gasteiger partial charge on any atom is -0.320 e. The van der Waals surface area contributed by atoms with Crippen molar-refractivity contribution in [2.75, 3.05) is 11.9 Å². The van der Waals surface area contributed by atoms with E-state index in [9.17, 15) is 4.79 Å². The lowest BCUT2D eigenvalue weighted by Crippen LogP contribution is -2.39. The molecule has 5 rings (SSSR count). The predicted molar refractivity (Wildman–Crippen MR) is 125 cm³/mol. The SMILES string of the molecule is CC(C)n1cnnc1-c1cccc(NC(=O)N2CCc3ccc(-c4cnn(C)c4)cc3C2)n1. The average molecular weight is 443 g/mol. The number of aryl methyl sites for hydroxylation is 1. The molecule has 0 bridgehead atoms. The van der Waals surface area contributed by atoms with E-state index in [-0.39, 0.29) is 12.1 Å². The summed E-state index contributed by atoms with van der Waals surface area (Å²) in [4.78, 5) is 19.5. The van der Waals surface area contributed by atoms with Crippen molar-refractivity contribution < 1.29 is 4.79 Å². The maximum Gasteiger partial charge on any atom is 0.323 e. The second-order valence-corrected chi connectivity index (χ2v) is 8.55. The van der Waals surface area contributed by atoms with Crippen LogP contribution in [0.4, 0.5) is 10.6 Å². The Morgan fingerprint density at radius 2 is 2.00 bits per heavy atom. The highest BCUT2D eigenvalue weighted by molar-refractivity contribution is 5.88. The van der Waals surface area contributed by atoms with Crippen molar-refractivity contribution in [2.45, 2.75) is 32.9 Å². The fourth-order valence-electron chi connectivity index (χ4n) is 4.10. The normalized spacial score (nSPS) is 13.3. The second-order valence-electron chi connectivity index (χ2n) is 8.55. The fourth-order valence-corrected chi connectivity index (χ4v) is 4.10. The second kappa shape index (κ2) is 8.50. The molecule has 9 heteroatoms. The zero-order valence-electron chi connectivity index (χ0n) is 18.9. The number of rotatable bonds is 4. The van der Waals surface area contributed by atoms with Crippen LogP contribution < -0.4 is 5.32 Å². The third kappa shape index (κ3) is 4.21. The summed E-state index contributed by atoms with van der Waals surface area (Å²) >= 11 is 0. The third-order valence-corrected chi connectivity index (χ3v) is 5.89. The molecule has 1 N–H and O–H groups in total. The Morgan fingerprint density at radius 3 is 2.79 bits per heavy atom. The van der Waals surface area contributed by atoms with Gasteiger partial charge in [0.15, 0.2) is 5.82 Å². The van der Waals surface area contributed by atoms with E-state index < -0.39 is 0 Å². The van der Waals surface area contributed by atoms with Crippen LogP contribution in [0.1, 0.15) is 31.0 Å². The molecule has 0 saturated carbocycles. The van der Waals surface area contributed by atoms with E-state index in [1.165, 1.54) is 5.56 Å². The summed E-state index contributed by atoms with van der Waals surface area (Å²) in [5, 5.41) is 15.4. The molecule has 1 aliphatic heterocycles. The van der Waals surface area contributed by atoms with E-state index >= 15 is 0 Å². The molecule has 3 aromatic heterocycles. The monoisotopic (exact) mass is 442 g/mol. The molecule has 0 saturated heterocycles. The van der Waals surface area contributed by atoms with Gasteiger partial charge in [0.1, 0.15) is 17.8 Å². The zero-order valence-corrected chi connectivity index (χ0v) is 18.9. The first-order valence-electron chi connectivity index (χ1n) is 11.0. The summed E-state index contributed by atoms with van der Waals surface area (Å²) in [5.74, 6) is 1.17. The maximum absolute atomic E-state index is 13.0. The van der Waals surface area contributed by atoms with Crippen LogP contribution in [-0.4, -0.2) is 47.0 Å². The summed E-state index contributed by atoms with van der Waals surface area (Å²) < 4.78 is 3.74. The van der Waals surface area contributed by atoms with Crippen molar-refractivity contribution in [3.63, 3.8) is 0 Å². The minimum atomic E-state index is -0.164. The molecule has 0 spiro atoms. The molecule has 0 fully saturated rings. The standard InChI is InChI=1S/C24H26N8O/c1-16(2)32-15-25-29-23(32)21-5-4-6-22(27-21)28-24(33)31-10-9-17-7-8-18(11-19(17)14-31)20-12-26-30(3)13-20/h4-8,11-13,15-16H,9-10,14H2,1-3H3,(H,27,28,33). The molecule has 0 unspecified atom stereocenters. The Kier molecular flexibility index (Phi) is 5.37. The van der Waals surface area contributed by atoms with Gasteiger partial charge in [-0.15, -0.1) is 10.2 Å². The van der Waals surface area contributed by atoms with Gasteiger partial charge in [-0.3, -0.25) is 10.00 Å². The van der Waals surface area contributed by atoms with Crippen LogP contribution in [0.15, 0.2) is 55.1 Å². The summed E-state index contributed by atoms with van der Waals surface area (Å²) in [6.45, 7) is 5.34. The van der Waals surface area contributed by atoms with Crippen molar-refractivity contribution >= 4 is 11.8 Å². The number of anilines is 1. The largest absolute Gasteiger partial charge is 0.323 e. The van der Waals surface area contributed by atoms with Crippen molar-refractivity contribution in [1.29, 1.82) is 0 Å². The smallest absolute Gasteiger partial charge is 0.320 e. The van der Waals surface area contributed by atoms with E-state index in [0.717, 1.165) is 23.1 Å². The van der Waals surface area contributed by atoms with Gasteiger partial charge >= 0.3 is 6.03 Å². The molecular formula is C24H26N8O. The van der Waals surface area contributed by atoms with E-state index in [1.807, 2.05) is 41.0 Å². The Bertz CT molecular complexity index is 1310. The lowest BCUT2D eigenvalue weighted by molar-refractivity contribution is 0.206. The van der Waals surface area contributed by atoms with E-state index in [0.29, 0.717) is 30.4 Å². The fraction of sp³-hybridized carbons (Fsp3) is 0.292. The highest BCUT2D eigenvalue weighted by Crippen LogP contribution is 2.27. The van der Waals surface area contributed by atoms with Gasteiger partial charge in [0.25, 0.3) is 0 Å². The first-order valence-corrected chi connectivity index (χ1v) is 11.0. The molecule has 9 nitrogen and oxygen atoms in total. The van der Waals surface area contributed by atoms with Gasteiger partial charge < -0.3 is 9.47 Å². The molecule has 0 aliphatic carbocycles. The topological polar surface area (TPSA) is 93.8 Å². The van der Waals surface area contributed by atoms with Crippen LogP contribution >= 0.6 is 0 Å². The Morgan fingerprint density at radius 1 is 1.12 bits per heavy atom. The molecule has 168 valence electrons. The Hall–Kier alpha value is -4.01. The number of hydrogen-bond acceptors (Lipinski definition) is 5. The summed E-state index contributed by atoms with van der Waals surface area (Å²) in [6, 6.07) is 12.0. The quantitative estimate of drug-likeness (QED) is 0.517. The molecule has 0 radical (unpaired) electrons. The Balaban J connectivity index is 1.32. The number of aromatic nitrogens is 6. The molecule has 33 heavy (non-hydrogen) atoms. The molecular weight excluding hydrogens is 416 g/mol. The van der Waals surface area contributed by atoms with Crippen LogP contribution in [0.3, 0.4) is 0 Å². The van der Waals surface area contributed by atoms with Gasteiger partial charge in [-0.25, -0.2) is 9.78 Å². The molecule has 2 amide bonds. The van der Waals surface area contributed by atoms with Gasteiger partial charge in [-0.05, 0) is 55.2 Å². The van der Waals surface area contributed by atoms with E-state index in [1.54, 1.807) is 17.1 Å². The van der Waals surface area contributed by atoms with Crippen molar-refractivity contribution in [1.82, 2.24) is 34.4 Å². The van der Waals surface area contributed by atoms with Crippen LogP contribution in [0, 0.1) is 0 Å². The number of carbonyl (C=O) groups is 1. The third-order valence-electron chi connectivity index (χ3n) is 5.89. The Labute approximate surface area is 192 Å². The average Bonchev–Trinajstić information content (AvgIpc) is 3.48. The highest BCUT2D eigenvalue weighted by atomic mass is 16.2. The molecule has 1 aromatic carbocycles. The maximum atomic E-state index is 13.0. The van der Waals surface area contributed by atoms with Gasteiger partial charge in [-0.2, -0.15) is 5.10 Å². The van der Waals surface area contributed by atoms with Gasteiger partial charge in [0, 0.05) is 37.9 Å². The van der Waals surface area contributed by atoms with Crippen LogP contribution in [0.2, 0.25) is 0 Å². The minimum absolute atomic E-state index is 0.164. The summed E-state index contributed by atoms with van der Waals surface area (Å²) in [6.07, 6.45) is 6.36. The summed E-state index contributed by atoms with van der Waals surface area (Å²) in [5.41, 5.74) is 5.28. The first kappa shape index (κ1) is 20.9. The predicted octanol–water partition coefficient (Wildman–Crippen LogP) is 3.91. The van der Waals surface area contributed by atoms with Crippen molar-refractivity contribution in [3.8, 4) is 22.6 Å². The summed E-state index contributed by atoms with van der Waals surface area (Å²) in [7, 11) is 1.91. The van der Waals surface area contributed by atoms with Gasteiger partial charge in [0.2, 0.25) is 0 Å². The van der Waals surface area contributed by atoms with Gasteiger partial charge in [0.05, 0.1) is 6.20 Å². The first-order chi connectivity index (χ1) is 16.0. The van der Waals surface area contributed by atoms with Crippen LogP contribution in [-0.2, 0) is 20.0 Å². The highest BCUT2D eigenvalue weighted by Gasteiger charge is 2.22. The lowest BCUT2D eigenvalue weighted by atomic mass is 9.96. The number of urea groups is 1. The number of hydrogen-bond donors (Lipinski definition) is 1. The van der Waals surface area contributed by atoms with Crippen LogP contribution in [0.5, 0.6) is 0 Å². The lowest BCUT2D eigenvalue weighted by Gasteiger charge is -2.29. The molecule has 4 heterocycles.